The molecule has 2 aromatic carbocycles. The minimum absolute atomic E-state index is 0.458. The van der Waals surface area contributed by atoms with E-state index in [0.29, 0.717) is 16.0 Å². The summed E-state index contributed by atoms with van der Waals surface area (Å²) in [7, 11) is 0. The van der Waals surface area contributed by atoms with Crippen molar-refractivity contribution in [3.05, 3.63) is 57.2 Å². The van der Waals surface area contributed by atoms with Gasteiger partial charge in [-0.25, -0.2) is 9.97 Å². The van der Waals surface area contributed by atoms with Gasteiger partial charge in [-0.1, -0.05) is 47.0 Å². The Morgan fingerprint density at radius 1 is 0.905 bits per heavy atom. The number of fused-ring (bicyclic) bond motifs is 1. The van der Waals surface area contributed by atoms with Crippen molar-refractivity contribution in [3.63, 3.8) is 0 Å². The molecule has 0 amide bonds. The molecule has 3 aromatic rings. The molecule has 0 spiro atoms. The number of hydrogen-bond donors (Lipinski definition) is 0. The van der Waals surface area contributed by atoms with Gasteiger partial charge in [-0.15, -0.1) is 0 Å². The van der Waals surface area contributed by atoms with Crippen LogP contribution >= 0.6 is 23.2 Å². The van der Waals surface area contributed by atoms with Crippen molar-refractivity contribution in [2.24, 2.45) is 0 Å². The summed E-state index contributed by atoms with van der Waals surface area (Å²) in [6, 6.07) is 9.92. The highest BCUT2D eigenvalue weighted by molar-refractivity contribution is 6.35. The lowest BCUT2D eigenvalue weighted by molar-refractivity contribution is 1.21. The molecule has 0 aliphatic carbocycles. The number of benzene rings is 2. The van der Waals surface area contributed by atoms with Crippen molar-refractivity contribution in [2.45, 2.75) is 20.8 Å². The second kappa shape index (κ2) is 5.28. The van der Waals surface area contributed by atoms with E-state index in [1.165, 1.54) is 0 Å². The highest BCUT2D eigenvalue weighted by atomic mass is 35.5. The third kappa shape index (κ3) is 2.50. The zero-order valence-corrected chi connectivity index (χ0v) is 13.5. The first-order valence-corrected chi connectivity index (χ1v) is 7.43. The molecule has 1 aromatic heterocycles. The summed E-state index contributed by atoms with van der Waals surface area (Å²) in [6.07, 6.45) is 0. The smallest absolute Gasteiger partial charge is 0.163 e. The standard InChI is InChI=1S/C17H14Cl2N2/c1-9-7-11(3)15-13(8-9)16(19)21-17(20-15)12-6-4-5-10(2)14(12)18/h4-8H,1-3H3. The van der Waals surface area contributed by atoms with E-state index in [9.17, 15) is 0 Å². The van der Waals surface area contributed by atoms with Crippen LogP contribution in [0.4, 0.5) is 0 Å². The van der Waals surface area contributed by atoms with Crippen LogP contribution in [-0.2, 0) is 0 Å². The SMILES string of the molecule is Cc1cc(C)c2nc(-c3cccc(C)c3Cl)nc(Cl)c2c1. The van der Waals surface area contributed by atoms with Gasteiger partial charge in [-0.2, -0.15) is 0 Å². The fraction of sp³-hybridized carbons (Fsp3) is 0.176. The summed E-state index contributed by atoms with van der Waals surface area (Å²) in [4.78, 5) is 9.09. The van der Waals surface area contributed by atoms with E-state index in [2.05, 4.69) is 16.0 Å². The first-order valence-electron chi connectivity index (χ1n) is 6.67. The Morgan fingerprint density at radius 3 is 2.43 bits per heavy atom. The zero-order chi connectivity index (χ0) is 15.1. The zero-order valence-electron chi connectivity index (χ0n) is 12.0. The molecule has 0 fully saturated rings. The first-order chi connectivity index (χ1) is 9.97. The second-order valence-electron chi connectivity index (χ2n) is 5.25. The van der Waals surface area contributed by atoms with Gasteiger partial charge in [0.2, 0.25) is 0 Å². The van der Waals surface area contributed by atoms with E-state index in [4.69, 9.17) is 23.2 Å². The van der Waals surface area contributed by atoms with Crippen LogP contribution in [0, 0.1) is 20.8 Å². The fourth-order valence-corrected chi connectivity index (χ4v) is 2.92. The van der Waals surface area contributed by atoms with Gasteiger partial charge in [0.1, 0.15) is 5.15 Å². The van der Waals surface area contributed by atoms with Crippen molar-refractivity contribution < 1.29 is 0 Å². The monoisotopic (exact) mass is 316 g/mol. The van der Waals surface area contributed by atoms with Crippen molar-refractivity contribution >= 4 is 34.1 Å². The van der Waals surface area contributed by atoms with Crippen LogP contribution in [0.5, 0.6) is 0 Å². The largest absolute Gasteiger partial charge is 0.228 e. The molecule has 0 aliphatic rings. The van der Waals surface area contributed by atoms with E-state index in [-0.39, 0.29) is 0 Å². The maximum Gasteiger partial charge on any atom is 0.163 e. The van der Waals surface area contributed by atoms with Gasteiger partial charge in [-0.3, -0.25) is 0 Å². The second-order valence-corrected chi connectivity index (χ2v) is 5.99. The third-order valence-corrected chi connectivity index (χ3v) is 4.31. The van der Waals surface area contributed by atoms with Crippen LogP contribution in [0.2, 0.25) is 10.2 Å². The summed E-state index contributed by atoms with van der Waals surface area (Å²) in [6.45, 7) is 6.03. The molecular weight excluding hydrogens is 303 g/mol. The van der Waals surface area contributed by atoms with Crippen molar-refractivity contribution in [2.75, 3.05) is 0 Å². The van der Waals surface area contributed by atoms with Gasteiger partial charge < -0.3 is 0 Å². The van der Waals surface area contributed by atoms with Crippen molar-refractivity contribution in [1.29, 1.82) is 0 Å². The Bertz CT molecular complexity index is 857. The number of hydrogen-bond acceptors (Lipinski definition) is 2. The molecule has 0 bridgehead atoms. The van der Waals surface area contributed by atoms with Crippen LogP contribution in [0.15, 0.2) is 30.3 Å². The number of aryl methyl sites for hydroxylation is 3. The van der Waals surface area contributed by atoms with Crippen LogP contribution in [0.3, 0.4) is 0 Å². The minimum Gasteiger partial charge on any atom is -0.228 e. The first kappa shape index (κ1) is 14.3. The molecule has 2 nitrogen and oxygen atoms in total. The lowest BCUT2D eigenvalue weighted by Gasteiger charge is -2.10. The molecule has 106 valence electrons. The van der Waals surface area contributed by atoms with Crippen LogP contribution < -0.4 is 0 Å². The Hall–Kier alpha value is -1.64. The van der Waals surface area contributed by atoms with Crippen molar-refractivity contribution in [3.8, 4) is 11.4 Å². The lowest BCUT2D eigenvalue weighted by Crippen LogP contribution is -1.95. The molecule has 0 saturated carbocycles. The molecule has 0 saturated heterocycles. The summed E-state index contributed by atoms with van der Waals surface area (Å²) in [5, 5.41) is 2.00. The molecule has 0 unspecified atom stereocenters. The van der Waals surface area contributed by atoms with Gasteiger partial charge in [0.15, 0.2) is 5.82 Å². The predicted molar refractivity (Wildman–Crippen MR) is 89.2 cm³/mol. The Kier molecular flexibility index (Phi) is 3.60. The third-order valence-electron chi connectivity index (χ3n) is 3.52. The van der Waals surface area contributed by atoms with Gasteiger partial charge in [0.05, 0.1) is 10.5 Å². The Morgan fingerprint density at radius 2 is 1.67 bits per heavy atom. The molecular formula is C17H14Cl2N2. The fourth-order valence-electron chi connectivity index (χ4n) is 2.49. The van der Waals surface area contributed by atoms with Gasteiger partial charge in [-0.05, 0) is 44.0 Å². The molecule has 3 rings (SSSR count). The molecule has 0 aliphatic heterocycles. The van der Waals surface area contributed by atoms with Crippen LogP contribution in [-0.4, -0.2) is 9.97 Å². The molecule has 1 heterocycles. The average molecular weight is 317 g/mol. The normalized spacial score (nSPS) is 11.1. The topological polar surface area (TPSA) is 25.8 Å². The number of nitrogens with zero attached hydrogens (tertiary/aromatic N) is 2. The van der Waals surface area contributed by atoms with Crippen molar-refractivity contribution in [1.82, 2.24) is 9.97 Å². The summed E-state index contributed by atoms with van der Waals surface area (Å²) < 4.78 is 0. The lowest BCUT2D eigenvalue weighted by atomic mass is 10.1. The molecule has 0 N–H and O–H groups in total. The Labute approximate surface area is 133 Å². The predicted octanol–water partition coefficient (Wildman–Crippen LogP) is 5.53. The molecule has 21 heavy (non-hydrogen) atoms. The van der Waals surface area contributed by atoms with E-state index in [0.717, 1.165) is 33.2 Å². The summed E-state index contributed by atoms with van der Waals surface area (Å²) in [5.41, 5.74) is 4.90. The summed E-state index contributed by atoms with van der Waals surface area (Å²) in [5.74, 6) is 0.563. The maximum atomic E-state index is 6.37. The molecule has 0 radical (unpaired) electrons. The summed E-state index contributed by atoms with van der Waals surface area (Å²) >= 11 is 12.7. The highest BCUT2D eigenvalue weighted by Gasteiger charge is 2.13. The number of aromatic nitrogens is 2. The van der Waals surface area contributed by atoms with E-state index >= 15 is 0 Å². The van der Waals surface area contributed by atoms with Gasteiger partial charge in [0, 0.05) is 10.9 Å². The van der Waals surface area contributed by atoms with Gasteiger partial charge in [0.25, 0.3) is 0 Å². The van der Waals surface area contributed by atoms with E-state index in [1.807, 2.05) is 45.0 Å². The highest BCUT2D eigenvalue weighted by Crippen LogP contribution is 2.32. The van der Waals surface area contributed by atoms with Crippen LogP contribution in [0.25, 0.3) is 22.3 Å². The molecule has 0 atom stereocenters. The number of halogens is 2. The minimum atomic E-state index is 0.458. The molecule has 4 heteroatoms. The number of rotatable bonds is 1. The average Bonchev–Trinajstić information content (AvgIpc) is 2.43. The van der Waals surface area contributed by atoms with Gasteiger partial charge >= 0.3 is 0 Å². The van der Waals surface area contributed by atoms with Crippen LogP contribution in [0.1, 0.15) is 16.7 Å². The van der Waals surface area contributed by atoms with E-state index in [1.54, 1.807) is 0 Å². The maximum absolute atomic E-state index is 6.37. The Balaban J connectivity index is 2.33. The van der Waals surface area contributed by atoms with E-state index < -0.39 is 0 Å². The quantitative estimate of drug-likeness (QED) is 0.552.